The summed E-state index contributed by atoms with van der Waals surface area (Å²) in [5.41, 5.74) is 2.16. The van der Waals surface area contributed by atoms with Crippen molar-refractivity contribution in [2.24, 2.45) is 0 Å². The fourth-order valence-corrected chi connectivity index (χ4v) is 5.24. The summed E-state index contributed by atoms with van der Waals surface area (Å²) < 4.78 is 14.8. The Morgan fingerprint density at radius 1 is 1.00 bits per heavy atom. The Bertz CT molecular complexity index is 1150. The third kappa shape index (κ3) is 3.42. The Balaban J connectivity index is 1.45. The van der Waals surface area contributed by atoms with Gasteiger partial charge in [0.15, 0.2) is 0 Å². The lowest BCUT2D eigenvalue weighted by Gasteiger charge is -2.40. The molecule has 154 valence electrons. The smallest absolute Gasteiger partial charge is 0.230 e. The third-order valence-electron chi connectivity index (χ3n) is 5.54. The summed E-state index contributed by atoms with van der Waals surface area (Å²) >= 11 is 1.48. The molecule has 2 aromatic carbocycles. The van der Waals surface area contributed by atoms with Gasteiger partial charge in [0, 0.05) is 31.9 Å². The second-order valence-electron chi connectivity index (χ2n) is 7.46. The lowest BCUT2D eigenvalue weighted by Crippen LogP contribution is -2.47. The first-order valence-electron chi connectivity index (χ1n) is 9.94. The van der Waals surface area contributed by atoms with Crippen molar-refractivity contribution in [2.45, 2.75) is 13.0 Å². The van der Waals surface area contributed by atoms with Crippen LogP contribution in [0.5, 0.6) is 5.88 Å². The summed E-state index contributed by atoms with van der Waals surface area (Å²) in [6, 6.07) is 16.8. The van der Waals surface area contributed by atoms with Crippen molar-refractivity contribution in [3.05, 3.63) is 76.7 Å². The van der Waals surface area contributed by atoms with Crippen molar-refractivity contribution in [3.63, 3.8) is 0 Å². The molecule has 1 unspecified atom stereocenters. The lowest BCUT2D eigenvalue weighted by molar-refractivity contribution is 0.211. The first-order chi connectivity index (χ1) is 14.6. The SMILES string of the molecule is Cc1nc2sc(C(c3ccccc3)N3CCN(c4ccc(F)cc4)CC3)c(O)n2n1. The van der Waals surface area contributed by atoms with Gasteiger partial charge >= 0.3 is 0 Å². The number of piperazine rings is 1. The molecule has 5 rings (SSSR count). The Hall–Kier alpha value is -2.97. The Kier molecular flexibility index (Phi) is 4.88. The predicted molar refractivity (Wildman–Crippen MR) is 116 cm³/mol. The Morgan fingerprint density at radius 2 is 1.70 bits per heavy atom. The number of thiazole rings is 1. The van der Waals surface area contributed by atoms with Gasteiger partial charge in [-0.05, 0) is 36.8 Å². The first-order valence-corrected chi connectivity index (χ1v) is 10.8. The summed E-state index contributed by atoms with van der Waals surface area (Å²) in [7, 11) is 0. The largest absolute Gasteiger partial charge is 0.492 e. The molecule has 4 aromatic rings. The van der Waals surface area contributed by atoms with Gasteiger partial charge in [0.2, 0.25) is 10.8 Å². The van der Waals surface area contributed by atoms with Crippen LogP contribution in [0.3, 0.4) is 0 Å². The third-order valence-corrected chi connectivity index (χ3v) is 6.61. The van der Waals surface area contributed by atoms with Gasteiger partial charge in [-0.15, -0.1) is 5.10 Å². The summed E-state index contributed by atoms with van der Waals surface area (Å²) in [6.45, 7) is 5.12. The molecule has 0 saturated carbocycles. The molecular weight excluding hydrogens is 401 g/mol. The average Bonchev–Trinajstić information content (AvgIpc) is 3.27. The summed E-state index contributed by atoms with van der Waals surface area (Å²) in [5.74, 6) is 0.584. The standard InChI is InChI=1S/C22H22FN5OS/c1-15-24-22-28(25-15)21(29)20(30-22)19(16-5-3-2-4-6-16)27-13-11-26(12-14-27)18-9-7-17(23)8-10-18/h2-10,19,29H,11-14H2,1H3. The zero-order valence-corrected chi connectivity index (χ0v) is 17.4. The number of rotatable bonds is 4. The molecule has 6 nitrogen and oxygen atoms in total. The Labute approximate surface area is 177 Å². The van der Waals surface area contributed by atoms with Crippen LogP contribution in [0.15, 0.2) is 54.6 Å². The number of aryl methyl sites for hydroxylation is 1. The normalized spacial score (nSPS) is 16.3. The number of hydrogen-bond acceptors (Lipinski definition) is 6. The van der Waals surface area contributed by atoms with Crippen molar-refractivity contribution in [3.8, 4) is 5.88 Å². The van der Waals surface area contributed by atoms with Crippen molar-refractivity contribution >= 4 is 22.0 Å². The van der Waals surface area contributed by atoms with E-state index in [1.165, 1.54) is 28.0 Å². The second-order valence-corrected chi connectivity index (χ2v) is 8.47. The van der Waals surface area contributed by atoms with Gasteiger partial charge in [-0.25, -0.2) is 9.37 Å². The molecule has 0 bridgehead atoms. The monoisotopic (exact) mass is 423 g/mol. The van der Waals surface area contributed by atoms with E-state index in [1.54, 1.807) is 0 Å². The highest BCUT2D eigenvalue weighted by Gasteiger charge is 2.31. The van der Waals surface area contributed by atoms with E-state index in [1.807, 2.05) is 37.3 Å². The fraction of sp³-hybridized carbons (Fsp3) is 0.273. The minimum Gasteiger partial charge on any atom is -0.492 e. The molecular formula is C22H22FN5OS. The quantitative estimate of drug-likeness (QED) is 0.540. The van der Waals surface area contributed by atoms with E-state index in [0.717, 1.165) is 42.3 Å². The van der Waals surface area contributed by atoms with Crippen molar-refractivity contribution in [1.82, 2.24) is 19.5 Å². The van der Waals surface area contributed by atoms with Crippen LogP contribution in [0.4, 0.5) is 10.1 Å². The zero-order chi connectivity index (χ0) is 20.7. The highest BCUT2D eigenvalue weighted by molar-refractivity contribution is 7.17. The minimum absolute atomic E-state index is 0.0737. The van der Waals surface area contributed by atoms with Gasteiger partial charge in [0.05, 0.1) is 10.9 Å². The van der Waals surface area contributed by atoms with Crippen molar-refractivity contribution in [1.29, 1.82) is 0 Å². The molecule has 0 radical (unpaired) electrons. The van der Waals surface area contributed by atoms with E-state index in [9.17, 15) is 9.50 Å². The van der Waals surface area contributed by atoms with Gasteiger partial charge in [0.25, 0.3) is 0 Å². The van der Waals surface area contributed by atoms with Crippen LogP contribution in [0.2, 0.25) is 0 Å². The first kappa shape index (κ1) is 19.0. The van der Waals surface area contributed by atoms with E-state index >= 15 is 0 Å². The zero-order valence-electron chi connectivity index (χ0n) is 16.6. The highest BCUT2D eigenvalue weighted by atomic mass is 32.1. The average molecular weight is 424 g/mol. The van der Waals surface area contributed by atoms with E-state index in [-0.39, 0.29) is 17.7 Å². The number of anilines is 1. The van der Waals surface area contributed by atoms with Gasteiger partial charge in [0.1, 0.15) is 11.6 Å². The number of fused-ring (bicyclic) bond motifs is 1. The molecule has 8 heteroatoms. The molecule has 1 aliphatic heterocycles. The predicted octanol–water partition coefficient (Wildman–Crippen LogP) is 3.86. The lowest BCUT2D eigenvalue weighted by atomic mass is 10.0. The molecule has 30 heavy (non-hydrogen) atoms. The van der Waals surface area contributed by atoms with Crippen LogP contribution in [0.1, 0.15) is 22.3 Å². The van der Waals surface area contributed by atoms with Crippen molar-refractivity contribution in [2.75, 3.05) is 31.1 Å². The van der Waals surface area contributed by atoms with Gasteiger partial charge < -0.3 is 10.0 Å². The van der Waals surface area contributed by atoms with E-state index in [0.29, 0.717) is 10.8 Å². The maximum atomic E-state index is 13.3. The molecule has 1 atom stereocenters. The molecule has 0 spiro atoms. The molecule has 1 N–H and O–H groups in total. The molecule has 2 aromatic heterocycles. The number of benzene rings is 2. The summed E-state index contributed by atoms with van der Waals surface area (Å²) in [4.78, 5) is 10.6. The maximum Gasteiger partial charge on any atom is 0.230 e. The van der Waals surface area contributed by atoms with Gasteiger partial charge in [-0.1, -0.05) is 41.7 Å². The number of nitrogens with zero attached hydrogens (tertiary/aromatic N) is 5. The van der Waals surface area contributed by atoms with Crippen LogP contribution in [0, 0.1) is 12.7 Å². The molecule has 1 saturated heterocycles. The van der Waals surface area contributed by atoms with Gasteiger partial charge in [-0.3, -0.25) is 4.90 Å². The number of aromatic nitrogens is 3. The van der Waals surface area contributed by atoms with Gasteiger partial charge in [-0.2, -0.15) is 4.52 Å². The maximum absolute atomic E-state index is 13.3. The highest BCUT2D eigenvalue weighted by Crippen LogP contribution is 2.40. The summed E-state index contributed by atoms with van der Waals surface area (Å²) in [5, 5.41) is 15.2. The van der Waals surface area contributed by atoms with Crippen molar-refractivity contribution < 1.29 is 9.50 Å². The Morgan fingerprint density at radius 3 is 2.37 bits per heavy atom. The second kappa shape index (κ2) is 7.70. The topological polar surface area (TPSA) is 56.9 Å². The van der Waals surface area contributed by atoms with E-state index < -0.39 is 0 Å². The molecule has 3 heterocycles. The molecule has 0 amide bonds. The number of aromatic hydroxyl groups is 1. The molecule has 0 aliphatic carbocycles. The van der Waals surface area contributed by atoms with Crippen LogP contribution < -0.4 is 4.90 Å². The van der Waals surface area contributed by atoms with Crippen LogP contribution in [-0.4, -0.2) is 50.8 Å². The number of halogens is 1. The van der Waals surface area contributed by atoms with Crippen LogP contribution >= 0.6 is 11.3 Å². The summed E-state index contributed by atoms with van der Waals surface area (Å²) in [6.07, 6.45) is 0. The van der Waals surface area contributed by atoms with Crippen LogP contribution in [0.25, 0.3) is 4.96 Å². The molecule has 1 aliphatic rings. The minimum atomic E-state index is -0.219. The van der Waals surface area contributed by atoms with E-state index in [2.05, 4.69) is 32.0 Å². The van der Waals surface area contributed by atoms with E-state index in [4.69, 9.17) is 0 Å². The fourth-order valence-electron chi connectivity index (χ4n) is 4.08. The van der Waals surface area contributed by atoms with Crippen LogP contribution in [-0.2, 0) is 0 Å². The number of hydrogen-bond donors (Lipinski definition) is 1. The molecule has 1 fully saturated rings.